The zero-order valence-corrected chi connectivity index (χ0v) is 18.9. The summed E-state index contributed by atoms with van der Waals surface area (Å²) in [5, 5.41) is 4.33. The van der Waals surface area contributed by atoms with Crippen molar-refractivity contribution < 1.29 is 4.39 Å². The Kier molecular flexibility index (Phi) is 6.27. The number of benzene rings is 1. The molecule has 0 aliphatic rings. The van der Waals surface area contributed by atoms with E-state index in [9.17, 15) is 14.0 Å². The Bertz CT molecular complexity index is 1500. The highest BCUT2D eigenvalue weighted by atomic mass is 19.1. The van der Waals surface area contributed by atoms with Crippen LogP contribution in [0.25, 0.3) is 22.6 Å². The molecule has 8 nitrogen and oxygen atoms in total. The highest BCUT2D eigenvalue weighted by Crippen LogP contribution is 2.21. The molecule has 0 bridgehead atoms. The normalized spacial score (nSPS) is 11.0. The summed E-state index contributed by atoms with van der Waals surface area (Å²) in [5.41, 5.74) is 1.41. The van der Waals surface area contributed by atoms with Crippen LogP contribution in [0.3, 0.4) is 0 Å². The molecule has 0 aliphatic carbocycles. The summed E-state index contributed by atoms with van der Waals surface area (Å²) in [5.74, 6) is 6.11. The summed E-state index contributed by atoms with van der Waals surface area (Å²) in [6.45, 7) is 5.06. The van der Waals surface area contributed by atoms with E-state index in [4.69, 9.17) is 0 Å². The third-order valence-corrected chi connectivity index (χ3v) is 5.33. The van der Waals surface area contributed by atoms with Gasteiger partial charge in [-0.25, -0.2) is 14.2 Å². The van der Waals surface area contributed by atoms with Crippen molar-refractivity contribution in [2.45, 2.75) is 46.3 Å². The lowest BCUT2D eigenvalue weighted by Crippen LogP contribution is -2.40. The number of halogens is 1. The average Bonchev–Trinajstić information content (AvgIpc) is 3.39. The highest BCUT2D eigenvalue weighted by molar-refractivity contribution is 5.76. The van der Waals surface area contributed by atoms with Gasteiger partial charge in [0.1, 0.15) is 18.2 Å². The van der Waals surface area contributed by atoms with Gasteiger partial charge in [-0.2, -0.15) is 5.10 Å². The molecule has 170 valence electrons. The van der Waals surface area contributed by atoms with Gasteiger partial charge in [-0.3, -0.25) is 18.6 Å². The predicted octanol–water partition coefficient (Wildman–Crippen LogP) is 2.77. The lowest BCUT2D eigenvalue weighted by Gasteiger charge is -2.10. The molecule has 0 N–H and O–H groups in total. The summed E-state index contributed by atoms with van der Waals surface area (Å²) in [7, 11) is 1.77. The van der Waals surface area contributed by atoms with Crippen molar-refractivity contribution >= 4 is 11.2 Å². The Morgan fingerprint density at radius 3 is 2.58 bits per heavy atom. The molecule has 3 aromatic heterocycles. The lowest BCUT2D eigenvalue weighted by molar-refractivity contribution is 0.554. The molecule has 0 saturated carbocycles. The smallest absolute Gasteiger partial charge is 0.321 e. The van der Waals surface area contributed by atoms with Crippen LogP contribution in [0.5, 0.6) is 0 Å². The third kappa shape index (κ3) is 4.24. The van der Waals surface area contributed by atoms with Crippen LogP contribution in [-0.4, -0.2) is 28.5 Å². The molecular weight excluding hydrogens is 423 g/mol. The number of rotatable bonds is 6. The molecule has 1 aromatic carbocycles. The number of hydrogen-bond acceptors (Lipinski definition) is 4. The Balaban J connectivity index is 1.73. The summed E-state index contributed by atoms with van der Waals surface area (Å²) >= 11 is 0. The summed E-state index contributed by atoms with van der Waals surface area (Å²) in [6, 6.07) is 6.11. The van der Waals surface area contributed by atoms with E-state index < -0.39 is 0 Å². The second-order valence-corrected chi connectivity index (χ2v) is 7.80. The third-order valence-electron chi connectivity index (χ3n) is 5.33. The molecule has 0 aliphatic heterocycles. The molecule has 0 fully saturated rings. The van der Waals surface area contributed by atoms with Crippen LogP contribution in [-0.2, 0) is 26.7 Å². The Morgan fingerprint density at radius 1 is 1.09 bits per heavy atom. The maximum atomic E-state index is 13.3. The number of fused-ring (bicyclic) bond motifs is 1. The first-order valence-corrected chi connectivity index (χ1v) is 10.9. The maximum absolute atomic E-state index is 13.3. The van der Waals surface area contributed by atoms with Crippen molar-refractivity contribution in [1.82, 2.24) is 28.5 Å². The maximum Gasteiger partial charge on any atom is 0.332 e. The largest absolute Gasteiger partial charge is 0.332 e. The molecule has 0 unspecified atom stereocenters. The first kappa shape index (κ1) is 22.3. The Labute approximate surface area is 189 Å². The van der Waals surface area contributed by atoms with Gasteiger partial charge in [0.25, 0.3) is 5.56 Å². The molecule has 3 heterocycles. The van der Waals surface area contributed by atoms with E-state index >= 15 is 0 Å². The molecule has 0 atom stereocenters. The van der Waals surface area contributed by atoms with E-state index in [1.165, 1.54) is 16.7 Å². The van der Waals surface area contributed by atoms with Crippen LogP contribution in [0, 0.1) is 17.7 Å². The van der Waals surface area contributed by atoms with Crippen molar-refractivity contribution in [3.63, 3.8) is 0 Å². The topological polar surface area (TPSA) is 79.6 Å². The first-order chi connectivity index (χ1) is 15.9. The van der Waals surface area contributed by atoms with E-state index in [1.54, 1.807) is 45.4 Å². The van der Waals surface area contributed by atoms with E-state index in [-0.39, 0.29) is 17.1 Å². The molecule has 0 amide bonds. The zero-order chi connectivity index (χ0) is 23.5. The van der Waals surface area contributed by atoms with Crippen molar-refractivity contribution in [3.05, 3.63) is 68.9 Å². The Hall–Kier alpha value is -3.93. The van der Waals surface area contributed by atoms with Gasteiger partial charge in [-0.05, 0) is 31.0 Å². The van der Waals surface area contributed by atoms with Gasteiger partial charge in [0.2, 0.25) is 0 Å². The molecule has 33 heavy (non-hydrogen) atoms. The van der Waals surface area contributed by atoms with Crippen molar-refractivity contribution in [3.8, 4) is 23.2 Å². The molecule has 9 heteroatoms. The molecule has 0 spiro atoms. The van der Waals surface area contributed by atoms with Gasteiger partial charge < -0.3 is 4.57 Å². The van der Waals surface area contributed by atoms with Gasteiger partial charge in [0, 0.05) is 31.9 Å². The van der Waals surface area contributed by atoms with Crippen LogP contribution >= 0.6 is 0 Å². The van der Waals surface area contributed by atoms with Crippen molar-refractivity contribution in [1.29, 1.82) is 0 Å². The second-order valence-electron chi connectivity index (χ2n) is 7.80. The van der Waals surface area contributed by atoms with Crippen molar-refractivity contribution in [2.75, 3.05) is 0 Å². The van der Waals surface area contributed by atoms with E-state index in [0.29, 0.717) is 54.2 Å². The standard InChI is InChI=1S/C24H25FN6O2/c1-4-11-30-22-20(23(32)31(12-5-2)24(30)33)28(3)21(27-22)18-15-26-29(16-18)13-7-9-17-8-6-10-19(25)14-17/h6,8,10,14-16H,4-5,11-13H2,1-3H3. The van der Waals surface area contributed by atoms with Crippen LogP contribution in [0.15, 0.2) is 46.2 Å². The van der Waals surface area contributed by atoms with Gasteiger partial charge in [0.15, 0.2) is 11.2 Å². The van der Waals surface area contributed by atoms with E-state index in [2.05, 4.69) is 21.9 Å². The van der Waals surface area contributed by atoms with E-state index in [0.717, 1.165) is 6.42 Å². The van der Waals surface area contributed by atoms with Gasteiger partial charge >= 0.3 is 5.69 Å². The molecule has 4 rings (SSSR count). The molecule has 0 radical (unpaired) electrons. The van der Waals surface area contributed by atoms with Gasteiger partial charge in [0.05, 0.1) is 11.8 Å². The average molecular weight is 449 g/mol. The molecule has 0 saturated heterocycles. The van der Waals surface area contributed by atoms with Crippen molar-refractivity contribution in [2.24, 2.45) is 7.05 Å². The fourth-order valence-electron chi connectivity index (χ4n) is 3.82. The monoisotopic (exact) mass is 448 g/mol. The number of aryl methyl sites for hydroxylation is 2. The summed E-state index contributed by atoms with van der Waals surface area (Å²) in [6.07, 6.45) is 4.86. The predicted molar refractivity (Wildman–Crippen MR) is 124 cm³/mol. The minimum absolute atomic E-state index is 0.310. The minimum Gasteiger partial charge on any atom is -0.321 e. The zero-order valence-electron chi connectivity index (χ0n) is 18.9. The number of hydrogen-bond donors (Lipinski definition) is 0. The highest BCUT2D eigenvalue weighted by Gasteiger charge is 2.20. The number of nitrogens with zero attached hydrogens (tertiary/aromatic N) is 6. The number of imidazole rings is 1. The quantitative estimate of drug-likeness (QED) is 0.425. The van der Waals surface area contributed by atoms with Gasteiger partial charge in [-0.15, -0.1) is 0 Å². The minimum atomic E-state index is -0.334. The first-order valence-electron chi connectivity index (χ1n) is 10.9. The second kappa shape index (κ2) is 9.28. The molecular formula is C24H25FN6O2. The van der Waals surface area contributed by atoms with Crippen LogP contribution in [0.4, 0.5) is 4.39 Å². The summed E-state index contributed by atoms with van der Waals surface area (Å²) < 4.78 is 19.5. The van der Waals surface area contributed by atoms with Crippen LogP contribution in [0.1, 0.15) is 32.3 Å². The van der Waals surface area contributed by atoms with Crippen LogP contribution in [0.2, 0.25) is 0 Å². The van der Waals surface area contributed by atoms with Gasteiger partial charge in [-0.1, -0.05) is 31.8 Å². The van der Waals surface area contributed by atoms with Crippen LogP contribution < -0.4 is 11.2 Å². The fraction of sp³-hybridized carbons (Fsp3) is 0.333. The van der Waals surface area contributed by atoms with E-state index in [1.807, 2.05) is 13.8 Å². The lowest BCUT2D eigenvalue weighted by atomic mass is 10.2. The molecule has 4 aromatic rings. The number of aromatic nitrogens is 6. The summed E-state index contributed by atoms with van der Waals surface area (Å²) in [4.78, 5) is 30.7. The SMILES string of the molecule is CCCn1c(=O)c2c(nc(-c3cnn(CC#Cc4cccc(F)c4)c3)n2C)n(CCC)c1=O. The Morgan fingerprint density at radius 2 is 1.85 bits per heavy atom. The fourth-order valence-corrected chi connectivity index (χ4v) is 3.82.